The van der Waals surface area contributed by atoms with Crippen LogP contribution in [0.4, 0.5) is 28.4 Å². The minimum absolute atomic E-state index is 0.123. The molecule has 0 saturated heterocycles. The highest BCUT2D eigenvalue weighted by molar-refractivity contribution is 6.09. The fraction of sp³-hybridized carbons (Fsp3) is 0.0698. The highest BCUT2D eigenvalue weighted by Gasteiger charge is 2.36. The van der Waals surface area contributed by atoms with Crippen LogP contribution >= 0.6 is 0 Å². The lowest BCUT2D eigenvalue weighted by Crippen LogP contribution is -2.30. The second-order valence-corrected chi connectivity index (χ2v) is 12.4. The second-order valence-electron chi connectivity index (χ2n) is 12.4. The van der Waals surface area contributed by atoms with Crippen LogP contribution in [0.15, 0.2) is 152 Å². The first-order chi connectivity index (χ1) is 22.0. The minimum Gasteiger partial charge on any atom is -0.356 e. The van der Waals surface area contributed by atoms with E-state index in [1.807, 2.05) is 18.2 Å². The van der Waals surface area contributed by atoms with Gasteiger partial charge in [0.05, 0.1) is 11.4 Å². The number of hydrogen-bond acceptors (Lipinski definition) is 2. The van der Waals surface area contributed by atoms with Crippen molar-refractivity contribution in [1.82, 2.24) is 0 Å². The Balaban J connectivity index is 1.11. The lowest BCUT2D eigenvalue weighted by Gasteiger charge is -2.42. The summed E-state index contributed by atoms with van der Waals surface area (Å²) in [5.74, 6) is 0. The molecule has 216 valence electrons. The molecular weight excluding hydrogens is 544 g/mol. The molecule has 0 unspecified atom stereocenters. The highest BCUT2D eigenvalue weighted by atomic mass is 15.2. The average Bonchev–Trinajstić information content (AvgIpc) is 3.08. The molecule has 0 aliphatic carbocycles. The molecule has 2 nitrogen and oxygen atoms in total. The zero-order chi connectivity index (χ0) is 30.4. The Morgan fingerprint density at radius 3 is 1.87 bits per heavy atom. The van der Waals surface area contributed by atoms with Crippen molar-refractivity contribution in [3.63, 3.8) is 0 Å². The van der Waals surface area contributed by atoms with E-state index in [4.69, 9.17) is 0 Å². The van der Waals surface area contributed by atoms with Crippen molar-refractivity contribution >= 4 is 62.1 Å². The Bertz CT molecular complexity index is 2210. The molecule has 0 amide bonds. The van der Waals surface area contributed by atoms with Gasteiger partial charge in [-0.15, -0.1) is 0 Å². The molecule has 0 radical (unpaired) electrons. The van der Waals surface area contributed by atoms with E-state index in [1.54, 1.807) is 0 Å². The summed E-state index contributed by atoms with van der Waals surface area (Å²) in [6.07, 6.45) is 4.48. The number of anilines is 5. The van der Waals surface area contributed by atoms with E-state index in [1.165, 1.54) is 60.9 Å². The van der Waals surface area contributed by atoms with Gasteiger partial charge in [-0.05, 0) is 104 Å². The van der Waals surface area contributed by atoms with Gasteiger partial charge in [-0.1, -0.05) is 117 Å². The van der Waals surface area contributed by atoms with Gasteiger partial charge in [0.25, 0.3) is 0 Å². The summed E-state index contributed by atoms with van der Waals surface area (Å²) in [5.41, 5.74) is 10.8. The van der Waals surface area contributed by atoms with Crippen LogP contribution in [-0.4, -0.2) is 0 Å². The van der Waals surface area contributed by atoms with Gasteiger partial charge < -0.3 is 10.2 Å². The lowest BCUT2D eigenvalue weighted by atomic mass is 9.73. The Kier molecular flexibility index (Phi) is 6.50. The van der Waals surface area contributed by atoms with Crippen LogP contribution in [0, 0.1) is 0 Å². The molecule has 1 heterocycles. The van der Waals surface area contributed by atoms with E-state index in [0.717, 1.165) is 11.4 Å². The van der Waals surface area contributed by atoms with Crippen molar-refractivity contribution < 1.29 is 0 Å². The summed E-state index contributed by atoms with van der Waals surface area (Å²) in [7, 11) is 0. The molecule has 1 aliphatic heterocycles. The third-order valence-electron chi connectivity index (χ3n) is 9.16. The summed E-state index contributed by atoms with van der Waals surface area (Å²) in [4.78, 5) is 2.40. The summed E-state index contributed by atoms with van der Waals surface area (Å²) < 4.78 is 0. The van der Waals surface area contributed by atoms with Crippen molar-refractivity contribution in [2.45, 2.75) is 19.3 Å². The van der Waals surface area contributed by atoms with Crippen LogP contribution in [0.1, 0.15) is 36.1 Å². The summed E-state index contributed by atoms with van der Waals surface area (Å²) in [6, 6.07) is 54.5. The predicted molar refractivity (Wildman–Crippen MR) is 193 cm³/mol. The molecular formula is C43H34N2. The van der Waals surface area contributed by atoms with Crippen LogP contribution in [0.25, 0.3) is 33.7 Å². The number of nitrogens with zero attached hydrogens (tertiary/aromatic N) is 1. The normalized spacial score (nSPS) is 13.6. The van der Waals surface area contributed by atoms with Gasteiger partial charge in [-0.25, -0.2) is 0 Å². The van der Waals surface area contributed by atoms with Crippen molar-refractivity contribution in [1.29, 1.82) is 0 Å². The van der Waals surface area contributed by atoms with Crippen LogP contribution in [0.2, 0.25) is 0 Å². The Morgan fingerprint density at radius 2 is 1.09 bits per heavy atom. The summed E-state index contributed by atoms with van der Waals surface area (Å²) >= 11 is 0. The van der Waals surface area contributed by atoms with Gasteiger partial charge in [-0.3, -0.25) is 0 Å². The largest absolute Gasteiger partial charge is 0.356 e. The Morgan fingerprint density at radius 1 is 0.489 bits per heavy atom. The van der Waals surface area contributed by atoms with E-state index in [2.05, 4.69) is 170 Å². The maximum Gasteiger partial charge on any atom is 0.0503 e. The van der Waals surface area contributed by atoms with Crippen molar-refractivity contribution in [2.75, 3.05) is 10.2 Å². The first-order valence-corrected chi connectivity index (χ1v) is 15.6. The number of para-hydroxylation sites is 3. The smallest absolute Gasteiger partial charge is 0.0503 e. The lowest BCUT2D eigenvalue weighted by molar-refractivity contribution is 0.631. The van der Waals surface area contributed by atoms with Gasteiger partial charge in [0, 0.05) is 22.5 Å². The number of nitrogens with one attached hydrogen (secondary N) is 1. The molecule has 7 aromatic rings. The SMILES string of the molecule is CC1(C)c2ccccc2N(c2ccccc2)c2ccc(/C=C/c3ccc4c(ccc5cc(Nc6ccccc6)ccc54)c3)cc21. The third-order valence-corrected chi connectivity index (χ3v) is 9.16. The van der Waals surface area contributed by atoms with Gasteiger partial charge in [0.2, 0.25) is 0 Å². The monoisotopic (exact) mass is 578 g/mol. The molecule has 8 rings (SSSR count). The second kappa shape index (κ2) is 10.8. The molecule has 1 aliphatic rings. The quantitative estimate of drug-likeness (QED) is 0.161. The van der Waals surface area contributed by atoms with Crippen molar-refractivity contribution in [2.24, 2.45) is 0 Å². The van der Waals surface area contributed by atoms with Crippen LogP contribution in [0.3, 0.4) is 0 Å². The fourth-order valence-electron chi connectivity index (χ4n) is 6.83. The topological polar surface area (TPSA) is 15.3 Å². The first kappa shape index (κ1) is 27.0. The third kappa shape index (κ3) is 4.85. The number of hydrogen-bond donors (Lipinski definition) is 1. The minimum atomic E-state index is -0.123. The standard InChI is InChI=1S/C43H34N2/c1-43(2)39-15-9-10-16-41(39)45(36-13-7-4-8-14-36)42-26-20-31(28-40(42)43)18-17-30-19-24-37-32(27-30)21-22-33-29-35(23-25-38(33)37)44-34-11-5-3-6-12-34/h3-29,44H,1-2H3/b18-17+. The van der Waals surface area contributed by atoms with Crippen molar-refractivity contribution in [3.05, 3.63) is 174 Å². The predicted octanol–water partition coefficient (Wildman–Crippen LogP) is 12.0. The highest BCUT2D eigenvalue weighted by Crippen LogP contribution is 2.51. The average molecular weight is 579 g/mol. The van der Waals surface area contributed by atoms with Crippen molar-refractivity contribution in [3.8, 4) is 0 Å². The van der Waals surface area contributed by atoms with Gasteiger partial charge in [0.15, 0.2) is 0 Å². The molecule has 2 heteroatoms. The van der Waals surface area contributed by atoms with E-state index in [-0.39, 0.29) is 5.41 Å². The molecule has 45 heavy (non-hydrogen) atoms. The molecule has 0 atom stereocenters. The fourth-order valence-corrected chi connectivity index (χ4v) is 6.83. The van der Waals surface area contributed by atoms with E-state index in [9.17, 15) is 0 Å². The van der Waals surface area contributed by atoms with Crippen LogP contribution in [0.5, 0.6) is 0 Å². The molecule has 0 aromatic heterocycles. The van der Waals surface area contributed by atoms with E-state index >= 15 is 0 Å². The molecule has 0 bridgehead atoms. The maximum atomic E-state index is 3.51. The van der Waals surface area contributed by atoms with E-state index < -0.39 is 0 Å². The summed E-state index contributed by atoms with van der Waals surface area (Å²) in [6.45, 7) is 4.68. The van der Waals surface area contributed by atoms with Gasteiger partial charge >= 0.3 is 0 Å². The molecule has 0 spiro atoms. The summed E-state index contributed by atoms with van der Waals surface area (Å²) in [5, 5.41) is 8.52. The first-order valence-electron chi connectivity index (χ1n) is 15.6. The zero-order valence-corrected chi connectivity index (χ0v) is 25.5. The Labute approximate surface area is 264 Å². The Hall–Kier alpha value is -5.60. The number of benzene rings is 7. The maximum absolute atomic E-state index is 3.51. The van der Waals surface area contributed by atoms with Crippen LogP contribution < -0.4 is 10.2 Å². The van der Waals surface area contributed by atoms with Gasteiger partial charge in [0.1, 0.15) is 0 Å². The van der Waals surface area contributed by atoms with E-state index in [0.29, 0.717) is 0 Å². The molecule has 1 N–H and O–H groups in total. The van der Waals surface area contributed by atoms with Gasteiger partial charge in [-0.2, -0.15) is 0 Å². The molecule has 7 aromatic carbocycles. The molecule has 0 saturated carbocycles. The van der Waals surface area contributed by atoms with Crippen LogP contribution in [-0.2, 0) is 5.41 Å². The number of rotatable bonds is 5. The zero-order valence-electron chi connectivity index (χ0n) is 25.5. The number of fused-ring (bicyclic) bond motifs is 5. The molecule has 0 fully saturated rings.